The Morgan fingerprint density at radius 2 is 0.716 bits per heavy atom. The van der Waals surface area contributed by atoms with Crippen molar-refractivity contribution in [2.45, 2.75) is 43.9 Å². The van der Waals surface area contributed by atoms with Crippen molar-refractivity contribution in [1.82, 2.24) is 0 Å². The van der Waals surface area contributed by atoms with Crippen LogP contribution in [0.3, 0.4) is 0 Å². The van der Waals surface area contributed by atoms with Gasteiger partial charge in [0.25, 0.3) is 0 Å². The molecule has 350 valence electrons. The molecule has 0 bridgehead atoms. The number of nitrogens with zero attached hydrogens (tertiary/aromatic N) is 1. The van der Waals surface area contributed by atoms with Crippen molar-refractivity contribution < 1.29 is 0 Å². The van der Waals surface area contributed by atoms with Crippen LogP contribution in [0.4, 0.5) is 17.1 Å². The van der Waals surface area contributed by atoms with Gasteiger partial charge in [0.1, 0.15) is 0 Å². The minimum atomic E-state index is -0.398. The SMILES string of the molecule is CC1(C)c2ccccc2-c2c(-c3ccccc3N(c3ccc(-c4ccc5c(c4)C4(c6ccccc6-c6ccccc64)c4ccccc4-5)cc3)c3cccc(-c4cccc5c4C(C)(C)c4ccccc4-5)c3)cccc21. The van der Waals surface area contributed by atoms with Gasteiger partial charge in [-0.25, -0.2) is 0 Å². The molecule has 0 N–H and O–H groups in total. The molecule has 74 heavy (non-hydrogen) atoms. The molecule has 0 saturated carbocycles. The summed E-state index contributed by atoms with van der Waals surface area (Å²) in [6.45, 7) is 9.52. The molecule has 1 heteroatoms. The predicted octanol–water partition coefficient (Wildman–Crippen LogP) is 19.1. The van der Waals surface area contributed by atoms with Crippen LogP contribution in [0.2, 0.25) is 0 Å². The van der Waals surface area contributed by atoms with E-state index >= 15 is 0 Å². The summed E-state index contributed by atoms with van der Waals surface area (Å²) in [4.78, 5) is 2.50. The highest BCUT2D eigenvalue weighted by atomic mass is 15.1. The average Bonchev–Trinajstić information content (AvgIpc) is 4.09. The van der Waals surface area contributed by atoms with E-state index in [0.29, 0.717) is 0 Å². The van der Waals surface area contributed by atoms with Crippen molar-refractivity contribution in [3.05, 3.63) is 293 Å². The second-order valence-corrected chi connectivity index (χ2v) is 21.9. The van der Waals surface area contributed by atoms with Crippen LogP contribution in [0.1, 0.15) is 72.2 Å². The maximum Gasteiger partial charge on any atom is 0.0725 e. The highest BCUT2D eigenvalue weighted by Gasteiger charge is 2.51. The van der Waals surface area contributed by atoms with Gasteiger partial charge >= 0.3 is 0 Å². The Kier molecular flexibility index (Phi) is 9.04. The van der Waals surface area contributed by atoms with Crippen LogP contribution in [0.15, 0.2) is 249 Å². The van der Waals surface area contributed by atoms with Crippen molar-refractivity contribution in [1.29, 1.82) is 0 Å². The summed E-state index contributed by atoms with van der Waals surface area (Å²) in [7, 11) is 0. The van der Waals surface area contributed by atoms with E-state index in [1.807, 2.05) is 0 Å². The normalized spacial score (nSPS) is 14.8. The zero-order chi connectivity index (χ0) is 49.5. The van der Waals surface area contributed by atoms with E-state index in [1.54, 1.807) is 0 Å². The number of hydrogen-bond acceptors (Lipinski definition) is 1. The molecular weight excluding hydrogens is 891 g/mol. The Hall–Kier alpha value is -8.78. The van der Waals surface area contributed by atoms with Gasteiger partial charge in [0.15, 0.2) is 0 Å². The van der Waals surface area contributed by atoms with Crippen molar-refractivity contribution in [2.75, 3.05) is 4.90 Å². The van der Waals surface area contributed by atoms with Crippen molar-refractivity contribution >= 4 is 17.1 Å². The fourth-order valence-electron chi connectivity index (χ4n) is 14.3. The van der Waals surface area contributed by atoms with Crippen LogP contribution in [0, 0.1) is 0 Å². The number of fused-ring (bicyclic) bond motifs is 16. The van der Waals surface area contributed by atoms with Gasteiger partial charge in [0.2, 0.25) is 0 Å². The summed E-state index contributed by atoms with van der Waals surface area (Å²) in [5, 5.41) is 0. The summed E-state index contributed by atoms with van der Waals surface area (Å²) < 4.78 is 0. The number of benzene rings is 11. The minimum Gasteiger partial charge on any atom is -0.310 e. The molecule has 0 amide bonds. The number of para-hydroxylation sites is 1. The number of rotatable bonds is 6. The summed E-state index contributed by atoms with van der Waals surface area (Å²) in [6.07, 6.45) is 0. The summed E-state index contributed by atoms with van der Waals surface area (Å²) in [5.41, 5.74) is 31.5. The molecule has 15 rings (SSSR count). The van der Waals surface area contributed by atoms with Crippen LogP contribution >= 0.6 is 0 Å². The van der Waals surface area contributed by atoms with Gasteiger partial charge in [-0.3, -0.25) is 0 Å². The van der Waals surface area contributed by atoms with Crippen molar-refractivity contribution in [2.24, 2.45) is 0 Å². The van der Waals surface area contributed by atoms with Crippen molar-refractivity contribution in [3.63, 3.8) is 0 Å². The van der Waals surface area contributed by atoms with Crippen LogP contribution in [0.5, 0.6) is 0 Å². The zero-order valence-corrected chi connectivity index (χ0v) is 42.1. The molecule has 0 unspecified atom stereocenters. The molecule has 1 spiro atoms. The molecule has 0 aliphatic heterocycles. The lowest BCUT2D eigenvalue weighted by atomic mass is 9.70. The fourth-order valence-corrected chi connectivity index (χ4v) is 14.3. The van der Waals surface area contributed by atoms with Crippen LogP contribution in [-0.4, -0.2) is 0 Å². The summed E-state index contributed by atoms with van der Waals surface area (Å²) >= 11 is 0. The smallest absolute Gasteiger partial charge is 0.0725 e. The quantitative estimate of drug-likeness (QED) is 0.161. The molecule has 0 aromatic heterocycles. The molecule has 0 heterocycles. The third kappa shape index (κ3) is 5.76. The van der Waals surface area contributed by atoms with E-state index in [9.17, 15) is 0 Å². The molecule has 0 saturated heterocycles. The monoisotopic (exact) mass is 943 g/mol. The molecule has 11 aromatic rings. The lowest BCUT2D eigenvalue weighted by Crippen LogP contribution is -2.25. The van der Waals surface area contributed by atoms with Gasteiger partial charge in [0, 0.05) is 27.8 Å². The zero-order valence-electron chi connectivity index (χ0n) is 42.1. The molecule has 0 fully saturated rings. The lowest BCUT2D eigenvalue weighted by Gasteiger charge is -2.31. The van der Waals surface area contributed by atoms with E-state index in [4.69, 9.17) is 0 Å². The first-order valence-electron chi connectivity index (χ1n) is 26.3. The first kappa shape index (κ1) is 42.9. The van der Waals surface area contributed by atoms with Crippen molar-refractivity contribution in [3.8, 4) is 77.9 Å². The molecular formula is C73H53N. The van der Waals surface area contributed by atoms with Gasteiger partial charge < -0.3 is 4.90 Å². The molecule has 4 aliphatic rings. The summed E-state index contributed by atoms with van der Waals surface area (Å²) in [6, 6.07) is 93.9. The van der Waals surface area contributed by atoms with E-state index in [0.717, 1.165) is 17.1 Å². The fraction of sp³-hybridized carbons (Fsp3) is 0.0959. The van der Waals surface area contributed by atoms with Gasteiger partial charge in [-0.15, -0.1) is 0 Å². The predicted molar refractivity (Wildman–Crippen MR) is 309 cm³/mol. The molecule has 1 nitrogen and oxygen atoms in total. The van der Waals surface area contributed by atoms with E-state index in [-0.39, 0.29) is 10.8 Å². The highest BCUT2D eigenvalue weighted by molar-refractivity contribution is 6.00. The van der Waals surface area contributed by atoms with Crippen LogP contribution < -0.4 is 4.90 Å². The van der Waals surface area contributed by atoms with E-state index < -0.39 is 5.41 Å². The van der Waals surface area contributed by atoms with E-state index in [1.165, 1.54) is 122 Å². The standard InChI is InChI=1S/C73H53N/c1-71(2)62-32-12-9-27-60(62)69-58(29-19-36-66(69)71)57-26-10-16-37-68(57)74(50-21-17-20-48(44-50)51-28-18-30-59-55-25-5-11-31-61(55)72(3,4)70(51)59)49-41-38-46(39-42-49)47-40-43-56-54-24-8-15-35-65(54)73(67(56)45-47)63-33-13-6-22-52(63)53-23-7-14-34-64(53)73/h5-45H,1-4H3. The third-order valence-electron chi connectivity index (χ3n) is 17.5. The van der Waals surface area contributed by atoms with Crippen LogP contribution in [-0.2, 0) is 16.2 Å². The van der Waals surface area contributed by atoms with Gasteiger partial charge in [-0.05, 0) is 153 Å². The second kappa shape index (κ2) is 15.6. The van der Waals surface area contributed by atoms with Gasteiger partial charge in [0.05, 0.1) is 11.1 Å². The molecule has 4 aliphatic carbocycles. The maximum absolute atomic E-state index is 2.50. The Balaban J connectivity index is 0.904. The highest BCUT2D eigenvalue weighted by Crippen LogP contribution is 2.63. The third-order valence-corrected chi connectivity index (χ3v) is 17.5. The topological polar surface area (TPSA) is 3.24 Å². The first-order chi connectivity index (χ1) is 36.2. The van der Waals surface area contributed by atoms with E-state index in [2.05, 4.69) is 281 Å². The Bertz CT molecular complexity index is 4080. The molecule has 11 aromatic carbocycles. The Morgan fingerprint density at radius 1 is 0.257 bits per heavy atom. The largest absolute Gasteiger partial charge is 0.310 e. The lowest BCUT2D eigenvalue weighted by molar-refractivity contribution is 0.660. The molecule has 0 atom stereocenters. The Morgan fingerprint density at radius 3 is 1.38 bits per heavy atom. The number of hydrogen-bond donors (Lipinski definition) is 0. The second-order valence-electron chi connectivity index (χ2n) is 21.9. The van der Waals surface area contributed by atoms with Gasteiger partial charge in [-0.1, -0.05) is 240 Å². The maximum atomic E-state index is 2.50. The number of anilines is 3. The molecule has 0 radical (unpaired) electrons. The first-order valence-corrected chi connectivity index (χ1v) is 26.3. The minimum absolute atomic E-state index is 0.116. The van der Waals surface area contributed by atoms with Crippen LogP contribution in [0.25, 0.3) is 77.9 Å². The summed E-state index contributed by atoms with van der Waals surface area (Å²) in [5.74, 6) is 0. The average molecular weight is 944 g/mol. The van der Waals surface area contributed by atoms with Gasteiger partial charge in [-0.2, -0.15) is 0 Å². The Labute approximate surface area is 434 Å².